The van der Waals surface area contributed by atoms with Crippen LogP contribution in [0.4, 0.5) is 0 Å². The van der Waals surface area contributed by atoms with E-state index in [0.29, 0.717) is 0 Å². The number of hydrogen-bond acceptors (Lipinski definition) is 4. The molecule has 122 valence electrons. The topological polar surface area (TPSA) is 30.5 Å². The zero-order valence-electron chi connectivity index (χ0n) is 13.7. The highest BCUT2D eigenvalue weighted by molar-refractivity contribution is 5.23. The molecule has 4 nitrogen and oxygen atoms in total. The molecule has 3 rings (SSSR count). The molecule has 2 unspecified atom stereocenters. The second-order valence-electron chi connectivity index (χ2n) is 6.58. The molecule has 2 aliphatic rings. The van der Waals surface area contributed by atoms with Gasteiger partial charge in [0.25, 0.3) is 0 Å². The second kappa shape index (κ2) is 8.63. The zero-order valence-corrected chi connectivity index (χ0v) is 13.7. The lowest BCUT2D eigenvalue weighted by molar-refractivity contribution is 0.244. The van der Waals surface area contributed by atoms with Gasteiger partial charge < -0.3 is 10.6 Å². The van der Waals surface area contributed by atoms with Crippen molar-refractivity contribution < 1.29 is 0 Å². The fourth-order valence-electron chi connectivity index (χ4n) is 3.46. The summed E-state index contributed by atoms with van der Waals surface area (Å²) >= 11 is 0. The van der Waals surface area contributed by atoms with Gasteiger partial charge in [0.05, 0.1) is 0 Å². The third-order valence-electron chi connectivity index (χ3n) is 4.67. The van der Waals surface area contributed by atoms with Crippen LogP contribution < -0.4 is 10.6 Å². The largest absolute Gasteiger partial charge is 0.315 e. The van der Waals surface area contributed by atoms with Crippen molar-refractivity contribution in [1.82, 2.24) is 20.4 Å². The number of rotatable bonds is 0. The molecule has 0 radical (unpaired) electrons. The molecule has 0 fully saturated rings. The summed E-state index contributed by atoms with van der Waals surface area (Å²) in [5, 5.41) is 7.23. The first-order valence-electron chi connectivity index (χ1n) is 8.84. The van der Waals surface area contributed by atoms with Crippen molar-refractivity contribution in [3.63, 3.8) is 0 Å². The molecule has 22 heavy (non-hydrogen) atoms. The molecule has 2 aliphatic heterocycles. The van der Waals surface area contributed by atoms with Gasteiger partial charge in [-0.25, -0.2) is 0 Å². The number of hydrogen-bond donors (Lipinski definition) is 2. The Kier molecular flexibility index (Phi) is 6.25. The lowest BCUT2D eigenvalue weighted by Crippen LogP contribution is -2.37. The lowest BCUT2D eigenvalue weighted by Gasteiger charge is -2.24. The van der Waals surface area contributed by atoms with Crippen LogP contribution in [0.15, 0.2) is 24.3 Å². The molecule has 0 saturated carbocycles. The van der Waals surface area contributed by atoms with Gasteiger partial charge in [0, 0.05) is 39.3 Å². The minimum absolute atomic E-state index is 1.08. The van der Waals surface area contributed by atoms with E-state index in [1.165, 1.54) is 37.1 Å². The van der Waals surface area contributed by atoms with Crippen LogP contribution in [-0.4, -0.2) is 62.2 Å². The van der Waals surface area contributed by atoms with E-state index in [1.54, 1.807) is 0 Å². The SMILES string of the molecule is c1cc2cc(c1)CN1CCCNCCN(CCCNCC1)C2. The molecule has 0 amide bonds. The highest BCUT2D eigenvalue weighted by Crippen LogP contribution is 2.12. The van der Waals surface area contributed by atoms with Crippen LogP contribution in [0.2, 0.25) is 0 Å². The highest BCUT2D eigenvalue weighted by atomic mass is 15.2. The van der Waals surface area contributed by atoms with E-state index in [0.717, 1.165) is 52.4 Å². The van der Waals surface area contributed by atoms with E-state index < -0.39 is 0 Å². The Morgan fingerprint density at radius 3 is 1.77 bits per heavy atom. The Labute approximate surface area is 134 Å². The molecule has 2 N–H and O–H groups in total. The average molecular weight is 302 g/mol. The zero-order chi connectivity index (χ0) is 15.0. The fourth-order valence-corrected chi connectivity index (χ4v) is 3.46. The van der Waals surface area contributed by atoms with Crippen LogP contribution in [0.3, 0.4) is 0 Å². The number of nitrogens with one attached hydrogen (secondary N) is 2. The Morgan fingerprint density at radius 1 is 0.682 bits per heavy atom. The maximum absolute atomic E-state index is 3.62. The second-order valence-corrected chi connectivity index (χ2v) is 6.58. The van der Waals surface area contributed by atoms with E-state index in [4.69, 9.17) is 0 Å². The van der Waals surface area contributed by atoms with Crippen molar-refractivity contribution in [3.8, 4) is 0 Å². The summed E-state index contributed by atoms with van der Waals surface area (Å²) in [5.41, 5.74) is 2.92. The highest BCUT2D eigenvalue weighted by Gasteiger charge is 2.11. The first-order valence-corrected chi connectivity index (χ1v) is 8.84. The van der Waals surface area contributed by atoms with Gasteiger partial charge in [-0.2, -0.15) is 0 Å². The first kappa shape index (κ1) is 15.9. The molecule has 1 aromatic carbocycles. The van der Waals surface area contributed by atoms with Crippen LogP contribution in [0.5, 0.6) is 0 Å². The Hall–Kier alpha value is -0.940. The normalized spacial score (nSPS) is 28.2. The molecule has 2 heterocycles. The van der Waals surface area contributed by atoms with Gasteiger partial charge in [0.1, 0.15) is 0 Å². The summed E-state index contributed by atoms with van der Waals surface area (Å²) in [5.74, 6) is 0. The minimum Gasteiger partial charge on any atom is -0.315 e. The molecule has 4 bridgehead atoms. The van der Waals surface area contributed by atoms with Gasteiger partial charge in [-0.15, -0.1) is 0 Å². The molecular weight excluding hydrogens is 272 g/mol. The van der Waals surface area contributed by atoms with Gasteiger partial charge >= 0.3 is 0 Å². The standard InChI is InChI=1S/C18H30N4/c1-4-17-14-18(5-1)16-22-11-3-7-20-9-12-21(15-17)10-2-6-19-8-13-22/h1,4-5,14,19-20H,2-3,6-13,15-16H2. The Morgan fingerprint density at radius 2 is 1.23 bits per heavy atom. The van der Waals surface area contributed by atoms with Crippen molar-refractivity contribution in [2.75, 3.05) is 52.4 Å². The first-order chi connectivity index (χ1) is 10.9. The maximum atomic E-state index is 3.62. The summed E-state index contributed by atoms with van der Waals surface area (Å²) in [6.07, 6.45) is 2.47. The summed E-state index contributed by atoms with van der Waals surface area (Å²) in [6, 6.07) is 9.21. The number of benzene rings is 1. The van der Waals surface area contributed by atoms with Crippen molar-refractivity contribution in [2.24, 2.45) is 0 Å². The maximum Gasteiger partial charge on any atom is 0.0234 e. The van der Waals surface area contributed by atoms with E-state index in [1.807, 2.05) is 0 Å². The predicted molar refractivity (Wildman–Crippen MR) is 92.0 cm³/mol. The molecule has 0 saturated heterocycles. The predicted octanol–water partition coefficient (Wildman–Crippen LogP) is 1.28. The van der Waals surface area contributed by atoms with Crippen LogP contribution in [0.1, 0.15) is 24.0 Å². The number of nitrogens with zero attached hydrogens (tertiary/aromatic N) is 2. The van der Waals surface area contributed by atoms with Crippen molar-refractivity contribution in [3.05, 3.63) is 35.4 Å². The van der Waals surface area contributed by atoms with E-state index in [-0.39, 0.29) is 0 Å². The third-order valence-corrected chi connectivity index (χ3v) is 4.67. The average Bonchev–Trinajstić information content (AvgIpc) is 2.54. The third kappa shape index (κ3) is 5.06. The van der Waals surface area contributed by atoms with Gasteiger partial charge in [-0.1, -0.05) is 24.3 Å². The molecule has 4 heteroatoms. The van der Waals surface area contributed by atoms with Gasteiger partial charge in [0.15, 0.2) is 0 Å². The molecule has 0 aromatic heterocycles. The minimum atomic E-state index is 1.08. The molecule has 1 aromatic rings. The van der Waals surface area contributed by atoms with Crippen LogP contribution in [0, 0.1) is 0 Å². The summed E-state index contributed by atoms with van der Waals surface area (Å²) < 4.78 is 0. The van der Waals surface area contributed by atoms with Gasteiger partial charge in [0.2, 0.25) is 0 Å². The van der Waals surface area contributed by atoms with Crippen molar-refractivity contribution in [2.45, 2.75) is 25.9 Å². The van der Waals surface area contributed by atoms with Crippen LogP contribution in [0.25, 0.3) is 0 Å². The number of fused-ring (bicyclic) bond motifs is 2. The van der Waals surface area contributed by atoms with Crippen LogP contribution >= 0.6 is 0 Å². The summed E-state index contributed by atoms with van der Waals surface area (Å²) in [6.45, 7) is 11.3. The monoisotopic (exact) mass is 302 g/mol. The van der Waals surface area contributed by atoms with E-state index in [2.05, 4.69) is 44.7 Å². The van der Waals surface area contributed by atoms with Crippen molar-refractivity contribution in [1.29, 1.82) is 0 Å². The molecular formula is C18H30N4. The molecule has 2 atom stereocenters. The smallest absolute Gasteiger partial charge is 0.0234 e. The van der Waals surface area contributed by atoms with E-state index >= 15 is 0 Å². The summed E-state index contributed by atoms with van der Waals surface area (Å²) in [7, 11) is 0. The van der Waals surface area contributed by atoms with Crippen LogP contribution in [-0.2, 0) is 13.1 Å². The fraction of sp³-hybridized carbons (Fsp3) is 0.667. The van der Waals surface area contributed by atoms with E-state index in [9.17, 15) is 0 Å². The Bertz CT molecular complexity index is 395. The quantitative estimate of drug-likeness (QED) is 0.756. The lowest BCUT2D eigenvalue weighted by atomic mass is 10.1. The van der Waals surface area contributed by atoms with Gasteiger partial charge in [-0.05, 0) is 50.1 Å². The summed E-state index contributed by atoms with van der Waals surface area (Å²) in [4.78, 5) is 5.20. The Balaban J connectivity index is 1.81. The van der Waals surface area contributed by atoms with Gasteiger partial charge in [-0.3, -0.25) is 9.80 Å². The molecule has 0 spiro atoms. The van der Waals surface area contributed by atoms with Crippen molar-refractivity contribution >= 4 is 0 Å². The molecule has 0 aliphatic carbocycles.